The second-order valence-corrected chi connectivity index (χ2v) is 6.86. The standard InChI is InChI=1S/C16H30N2O/c1-11(2)13-8-4-5-9-14(13)18-16(19)15-12(3)7-6-10-17-15/h11-15,17H,4-10H2,1-3H3,(H,18,19). The van der Waals surface area contributed by atoms with Gasteiger partial charge in [0.25, 0.3) is 0 Å². The van der Waals surface area contributed by atoms with Crippen LogP contribution in [0.15, 0.2) is 0 Å². The maximum atomic E-state index is 12.5. The van der Waals surface area contributed by atoms with Gasteiger partial charge in [-0.1, -0.05) is 33.6 Å². The quantitative estimate of drug-likeness (QED) is 0.824. The van der Waals surface area contributed by atoms with E-state index in [0.717, 1.165) is 13.0 Å². The highest BCUT2D eigenvalue weighted by Crippen LogP contribution is 2.30. The van der Waals surface area contributed by atoms with E-state index in [0.29, 0.717) is 23.8 Å². The number of hydrogen-bond donors (Lipinski definition) is 2. The minimum atomic E-state index is 0.0310. The third-order valence-corrected chi connectivity index (χ3v) is 5.06. The lowest BCUT2D eigenvalue weighted by Gasteiger charge is -2.37. The summed E-state index contributed by atoms with van der Waals surface area (Å²) in [6, 6.07) is 0.431. The molecule has 0 spiro atoms. The molecule has 0 aromatic carbocycles. The summed E-state index contributed by atoms with van der Waals surface area (Å²) in [5.41, 5.74) is 0. The Labute approximate surface area is 117 Å². The van der Waals surface area contributed by atoms with E-state index in [1.165, 1.54) is 32.1 Å². The van der Waals surface area contributed by atoms with Crippen molar-refractivity contribution in [3.05, 3.63) is 0 Å². The fourth-order valence-corrected chi connectivity index (χ4v) is 3.81. The average molecular weight is 266 g/mol. The molecule has 110 valence electrons. The maximum absolute atomic E-state index is 12.5. The summed E-state index contributed by atoms with van der Waals surface area (Å²) in [5, 5.41) is 6.74. The first-order valence-corrected chi connectivity index (χ1v) is 8.13. The van der Waals surface area contributed by atoms with Gasteiger partial charge in [0.2, 0.25) is 5.91 Å². The third kappa shape index (κ3) is 3.71. The predicted molar refractivity (Wildman–Crippen MR) is 78.9 cm³/mol. The molecular weight excluding hydrogens is 236 g/mol. The van der Waals surface area contributed by atoms with Crippen molar-refractivity contribution < 1.29 is 4.79 Å². The van der Waals surface area contributed by atoms with Crippen LogP contribution >= 0.6 is 0 Å². The van der Waals surface area contributed by atoms with E-state index in [-0.39, 0.29) is 11.9 Å². The van der Waals surface area contributed by atoms with Gasteiger partial charge < -0.3 is 10.6 Å². The lowest BCUT2D eigenvalue weighted by atomic mass is 9.77. The van der Waals surface area contributed by atoms with Crippen LogP contribution in [-0.4, -0.2) is 24.5 Å². The first kappa shape index (κ1) is 14.8. The Morgan fingerprint density at radius 2 is 1.89 bits per heavy atom. The van der Waals surface area contributed by atoms with E-state index in [1.807, 2.05) is 0 Å². The number of carbonyl (C=O) groups is 1. The fraction of sp³-hybridized carbons (Fsp3) is 0.938. The Kier molecular flexibility index (Phi) is 5.26. The van der Waals surface area contributed by atoms with Crippen molar-refractivity contribution in [1.29, 1.82) is 0 Å². The molecular formula is C16H30N2O. The van der Waals surface area contributed by atoms with Crippen LogP contribution in [0.25, 0.3) is 0 Å². The highest BCUT2D eigenvalue weighted by Gasteiger charge is 2.33. The number of amides is 1. The van der Waals surface area contributed by atoms with Gasteiger partial charge in [-0.25, -0.2) is 0 Å². The summed E-state index contributed by atoms with van der Waals surface area (Å²) in [5.74, 6) is 2.04. The lowest BCUT2D eigenvalue weighted by molar-refractivity contribution is -0.126. The molecule has 1 saturated heterocycles. The lowest BCUT2D eigenvalue weighted by Crippen LogP contribution is -2.55. The largest absolute Gasteiger partial charge is 0.352 e. The minimum Gasteiger partial charge on any atom is -0.352 e. The van der Waals surface area contributed by atoms with Crippen LogP contribution in [0.3, 0.4) is 0 Å². The monoisotopic (exact) mass is 266 g/mol. The molecule has 2 N–H and O–H groups in total. The summed E-state index contributed by atoms with van der Waals surface area (Å²) in [6.07, 6.45) is 7.40. The minimum absolute atomic E-state index is 0.0310. The number of nitrogens with one attached hydrogen (secondary N) is 2. The Morgan fingerprint density at radius 1 is 1.16 bits per heavy atom. The van der Waals surface area contributed by atoms with Gasteiger partial charge in [-0.05, 0) is 50.0 Å². The topological polar surface area (TPSA) is 41.1 Å². The van der Waals surface area contributed by atoms with Crippen molar-refractivity contribution in [2.75, 3.05) is 6.54 Å². The average Bonchev–Trinajstić information content (AvgIpc) is 2.39. The molecule has 0 bridgehead atoms. The predicted octanol–water partition coefficient (Wildman–Crippen LogP) is 2.71. The summed E-state index contributed by atoms with van der Waals surface area (Å²) in [6.45, 7) is 7.76. The van der Waals surface area contributed by atoms with Gasteiger partial charge in [0.05, 0.1) is 6.04 Å². The van der Waals surface area contributed by atoms with Crippen LogP contribution in [-0.2, 0) is 4.79 Å². The molecule has 1 heterocycles. The third-order valence-electron chi connectivity index (χ3n) is 5.06. The van der Waals surface area contributed by atoms with Crippen LogP contribution in [0.4, 0.5) is 0 Å². The molecule has 0 aromatic heterocycles. The Balaban J connectivity index is 1.92. The van der Waals surface area contributed by atoms with E-state index < -0.39 is 0 Å². The highest BCUT2D eigenvalue weighted by atomic mass is 16.2. The molecule has 4 unspecified atom stereocenters. The van der Waals surface area contributed by atoms with Gasteiger partial charge in [0, 0.05) is 6.04 Å². The maximum Gasteiger partial charge on any atom is 0.237 e. The number of rotatable bonds is 3. The molecule has 1 saturated carbocycles. The smallest absolute Gasteiger partial charge is 0.237 e. The van der Waals surface area contributed by atoms with Crippen LogP contribution < -0.4 is 10.6 Å². The van der Waals surface area contributed by atoms with Gasteiger partial charge in [-0.15, -0.1) is 0 Å². The zero-order valence-corrected chi connectivity index (χ0v) is 12.7. The Morgan fingerprint density at radius 3 is 2.58 bits per heavy atom. The second kappa shape index (κ2) is 6.74. The van der Waals surface area contributed by atoms with Crippen molar-refractivity contribution in [3.63, 3.8) is 0 Å². The molecule has 3 nitrogen and oxygen atoms in total. The van der Waals surface area contributed by atoms with Gasteiger partial charge >= 0.3 is 0 Å². The van der Waals surface area contributed by atoms with Crippen molar-refractivity contribution in [1.82, 2.24) is 10.6 Å². The molecule has 1 aliphatic carbocycles. The SMILES string of the molecule is CC(C)C1CCCCC1NC(=O)C1NCCCC1C. The van der Waals surface area contributed by atoms with Crippen LogP contribution in [0.5, 0.6) is 0 Å². The summed E-state index contributed by atoms with van der Waals surface area (Å²) < 4.78 is 0. The van der Waals surface area contributed by atoms with Crippen molar-refractivity contribution >= 4 is 5.91 Å². The molecule has 0 aromatic rings. The zero-order valence-electron chi connectivity index (χ0n) is 12.7. The van der Waals surface area contributed by atoms with E-state index >= 15 is 0 Å². The molecule has 2 fully saturated rings. The number of piperidine rings is 1. The molecule has 0 radical (unpaired) electrons. The zero-order chi connectivity index (χ0) is 13.8. The first-order chi connectivity index (χ1) is 9.09. The Hall–Kier alpha value is -0.570. The number of carbonyl (C=O) groups excluding carboxylic acids is 1. The summed E-state index contributed by atoms with van der Waals surface area (Å²) in [7, 11) is 0. The van der Waals surface area contributed by atoms with E-state index in [9.17, 15) is 4.79 Å². The second-order valence-electron chi connectivity index (χ2n) is 6.86. The van der Waals surface area contributed by atoms with Gasteiger partial charge in [0.15, 0.2) is 0 Å². The summed E-state index contributed by atoms with van der Waals surface area (Å²) in [4.78, 5) is 12.5. The first-order valence-electron chi connectivity index (χ1n) is 8.13. The normalized spacial score (nSPS) is 36.2. The molecule has 2 rings (SSSR count). The number of hydrogen-bond acceptors (Lipinski definition) is 2. The van der Waals surface area contributed by atoms with E-state index in [1.54, 1.807) is 0 Å². The van der Waals surface area contributed by atoms with E-state index in [4.69, 9.17) is 0 Å². The van der Waals surface area contributed by atoms with Gasteiger partial charge in [0.1, 0.15) is 0 Å². The molecule has 1 aliphatic heterocycles. The summed E-state index contributed by atoms with van der Waals surface area (Å²) >= 11 is 0. The fourth-order valence-electron chi connectivity index (χ4n) is 3.81. The van der Waals surface area contributed by atoms with Crippen LogP contribution in [0, 0.1) is 17.8 Å². The van der Waals surface area contributed by atoms with E-state index in [2.05, 4.69) is 31.4 Å². The highest BCUT2D eigenvalue weighted by molar-refractivity contribution is 5.82. The van der Waals surface area contributed by atoms with Crippen LogP contribution in [0.1, 0.15) is 59.3 Å². The van der Waals surface area contributed by atoms with Crippen molar-refractivity contribution in [2.24, 2.45) is 17.8 Å². The molecule has 1 amide bonds. The molecule has 4 atom stereocenters. The molecule has 3 heteroatoms. The van der Waals surface area contributed by atoms with Gasteiger partial charge in [-0.3, -0.25) is 4.79 Å². The Bertz CT molecular complexity index is 303. The van der Waals surface area contributed by atoms with Crippen molar-refractivity contribution in [3.8, 4) is 0 Å². The molecule has 19 heavy (non-hydrogen) atoms. The van der Waals surface area contributed by atoms with Crippen LogP contribution in [0.2, 0.25) is 0 Å². The molecule has 2 aliphatic rings. The van der Waals surface area contributed by atoms with Crippen molar-refractivity contribution in [2.45, 2.75) is 71.4 Å². The van der Waals surface area contributed by atoms with Gasteiger partial charge in [-0.2, -0.15) is 0 Å².